The molecule has 0 fully saturated rings. The molecule has 0 bridgehead atoms. The van der Waals surface area contributed by atoms with Gasteiger partial charge in [-0.2, -0.15) is 0 Å². The lowest BCUT2D eigenvalue weighted by atomic mass is 9.94. The van der Waals surface area contributed by atoms with Gasteiger partial charge in [0.25, 0.3) is 0 Å². The molecule has 106 valence electrons. The van der Waals surface area contributed by atoms with Gasteiger partial charge in [0, 0.05) is 10.9 Å². The minimum absolute atomic E-state index is 0.201. The van der Waals surface area contributed by atoms with E-state index in [2.05, 4.69) is 0 Å². The van der Waals surface area contributed by atoms with Crippen LogP contribution in [0.1, 0.15) is 22.8 Å². The van der Waals surface area contributed by atoms with Crippen LogP contribution in [-0.4, -0.2) is 5.11 Å². The van der Waals surface area contributed by atoms with Crippen LogP contribution in [0, 0.1) is 18.6 Å². The first-order valence-corrected chi connectivity index (χ1v) is 6.70. The standard InChI is InChI=1S/C18H14F2O/c1-11-5-4-8-15(17(11)20)18(21)14-9-10-16(19)13-7-3-2-6-12(13)14/h2-10,18,21H,1H3. The zero-order valence-electron chi connectivity index (χ0n) is 11.5. The van der Waals surface area contributed by atoms with E-state index in [9.17, 15) is 13.9 Å². The Hall–Kier alpha value is -2.26. The molecule has 3 aromatic carbocycles. The second kappa shape index (κ2) is 5.26. The third-order valence-electron chi connectivity index (χ3n) is 3.72. The van der Waals surface area contributed by atoms with Gasteiger partial charge in [-0.15, -0.1) is 0 Å². The van der Waals surface area contributed by atoms with Crippen molar-refractivity contribution >= 4 is 10.8 Å². The van der Waals surface area contributed by atoms with Gasteiger partial charge in [0.1, 0.15) is 17.7 Å². The van der Waals surface area contributed by atoms with Crippen molar-refractivity contribution in [1.82, 2.24) is 0 Å². The molecule has 0 saturated carbocycles. The van der Waals surface area contributed by atoms with Gasteiger partial charge in [0.05, 0.1) is 0 Å². The first kappa shape index (κ1) is 13.7. The summed E-state index contributed by atoms with van der Waals surface area (Å²) >= 11 is 0. The average Bonchev–Trinajstić information content (AvgIpc) is 2.50. The molecule has 0 spiro atoms. The van der Waals surface area contributed by atoms with Gasteiger partial charge in [-0.1, -0.05) is 48.5 Å². The molecule has 0 amide bonds. The van der Waals surface area contributed by atoms with Gasteiger partial charge in [0.2, 0.25) is 0 Å². The summed E-state index contributed by atoms with van der Waals surface area (Å²) in [7, 11) is 0. The Morgan fingerprint density at radius 1 is 0.810 bits per heavy atom. The van der Waals surface area contributed by atoms with Crippen molar-refractivity contribution in [2.24, 2.45) is 0 Å². The highest BCUT2D eigenvalue weighted by Gasteiger charge is 2.19. The van der Waals surface area contributed by atoms with Gasteiger partial charge in [-0.3, -0.25) is 0 Å². The molecule has 3 heteroatoms. The molecule has 0 aromatic heterocycles. The van der Waals surface area contributed by atoms with Crippen LogP contribution < -0.4 is 0 Å². The Kier molecular flexibility index (Phi) is 3.43. The number of aliphatic hydroxyl groups is 1. The van der Waals surface area contributed by atoms with Crippen molar-refractivity contribution < 1.29 is 13.9 Å². The lowest BCUT2D eigenvalue weighted by molar-refractivity contribution is 0.216. The number of hydrogen-bond donors (Lipinski definition) is 1. The van der Waals surface area contributed by atoms with Crippen molar-refractivity contribution in [3.63, 3.8) is 0 Å². The van der Waals surface area contributed by atoms with Crippen LogP contribution in [-0.2, 0) is 0 Å². The highest BCUT2D eigenvalue weighted by Crippen LogP contribution is 2.32. The monoisotopic (exact) mass is 284 g/mol. The van der Waals surface area contributed by atoms with E-state index in [1.54, 1.807) is 49.4 Å². The molecule has 21 heavy (non-hydrogen) atoms. The summed E-state index contributed by atoms with van der Waals surface area (Å²) in [6.07, 6.45) is -1.13. The summed E-state index contributed by atoms with van der Waals surface area (Å²) in [6.45, 7) is 1.65. The maximum Gasteiger partial charge on any atom is 0.132 e. The van der Waals surface area contributed by atoms with E-state index in [1.165, 1.54) is 12.1 Å². The second-order valence-corrected chi connectivity index (χ2v) is 5.06. The number of hydrogen-bond acceptors (Lipinski definition) is 1. The molecular weight excluding hydrogens is 270 g/mol. The van der Waals surface area contributed by atoms with Crippen LogP contribution in [0.25, 0.3) is 10.8 Å². The fourth-order valence-corrected chi connectivity index (χ4v) is 2.57. The molecule has 0 saturated heterocycles. The first-order chi connectivity index (χ1) is 10.1. The Balaban J connectivity index is 2.21. The van der Waals surface area contributed by atoms with Crippen LogP contribution in [0.15, 0.2) is 54.6 Å². The fourth-order valence-electron chi connectivity index (χ4n) is 2.57. The first-order valence-electron chi connectivity index (χ1n) is 6.70. The minimum atomic E-state index is -1.13. The van der Waals surface area contributed by atoms with E-state index in [0.717, 1.165) is 0 Å². The van der Waals surface area contributed by atoms with E-state index >= 15 is 0 Å². The van der Waals surface area contributed by atoms with Crippen LogP contribution in [0.4, 0.5) is 8.78 Å². The van der Waals surface area contributed by atoms with Crippen molar-refractivity contribution in [1.29, 1.82) is 0 Å². The number of benzene rings is 3. The maximum atomic E-state index is 14.2. The zero-order chi connectivity index (χ0) is 15.0. The lowest BCUT2D eigenvalue weighted by Crippen LogP contribution is -2.05. The van der Waals surface area contributed by atoms with Gasteiger partial charge in [0.15, 0.2) is 0 Å². The highest BCUT2D eigenvalue weighted by atomic mass is 19.1. The van der Waals surface area contributed by atoms with Crippen molar-refractivity contribution in [2.45, 2.75) is 13.0 Å². The summed E-state index contributed by atoms with van der Waals surface area (Å²) in [5.74, 6) is -0.787. The normalized spacial score (nSPS) is 12.6. The molecule has 1 atom stereocenters. The number of aryl methyl sites for hydroxylation is 1. The van der Waals surface area contributed by atoms with Gasteiger partial charge < -0.3 is 5.11 Å². The van der Waals surface area contributed by atoms with Gasteiger partial charge in [-0.05, 0) is 29.5 Å². The van der Waals surface area contributed by atoms with Crippen molar-refractivity contribution in [3.05, 3.63) is 82.9 Å². The number of aliphatic hydroxyl groups excluding tert-OH is 1. The Labute approximate surface area is 121 Å². The molecule has 0 aliphatic heterocycles. The highest BCUT2D eigenvalue weighted by molar-refractivity contribution is 5.87. The summed E-state index contributed by atoms with van der Waals surface area (Å²) in [4.78, 5) is 0. The van der Waals surface area contributed by atoms with E-state index in [1.807, 2.05) is 0 Å². The van der Waals surface area contributed by atoms with Crippen LogP contribution in [0.5, 0.6) is 0 Å². The van der Waals surface area contributed by atoms with E-state index in [4.69, 9.17) is 0 Å². The molecule has 3 rings (SSSR count). The Morgan fingerprint density at radius 2 is 1.52 bits per heavy atom. The smallest absolute Gasteiger partial charge is 0.132 e. The third-order valence-corrected chi connectivity index (χ3v) is 3.72. The molecule has 0 heterocycles. The average molecular weight is 284 g/mol. The fraction of sp³-hybridized carbons (Fsp3) is 0.111. The maximum absolute atomic E-state index is 14.2. The molecule has 0 radical (unpaired) electrons. The SMILES string of the molecule is Cc1cccc(C(O)c2ccc(F)c3ccccc23)c1F. The topological polar surface area (TPSA) is 20.2 Å². The molecule has 1 N–H and O–H groups in total. The summed E-state index contributed by atoms with van der Waals surface area (Å²) in [5.41, 5.74) is 1.17. The summed E-state index contributed by atoms with van der Waals surface area (Å²) < 4.78 is 28.0. The quantitative estimate of drug-likeness (QED) is 0.734. The number of rotatable bonds is 2. The molecule has 0 aliphatic carbocycles. The molecule has 1 nitrogen and oxygen atoms in total. The predicted octanol–water partition coefficient (Wildman–Crippen LogP) is 4.51. The van der Waals surface area contributed by atoms with E-state index in [-0.39, 0.29) is 11.4 Å². The number of fused-ring (bicyclic) bond motifs is 1. The molecular formula is C18H14F2O. The summed E-state index contributed by atoms with van der Waals surface area (Å²) in [5, 5.41) is 11.5. The van der Waals surface area contributed by atoms with Crippen LogP contribution in [0.2, 0.25) is 0 Å². The van der Waals surface area contributed by atoms with Crippen LogP contribution in [0.3, 0.4) is 0 Å². The van der Waals surface area contributed by atoms with Gasteiger partial charge >= 0.3 is 0 Å². The van der Waals surface area contributed by atoms with Crippen LogP contribution >= 0.6 is 0 Å². The second-order valence-electron chi connectivity index (χ2n) is 5.06. The largest absolute Gasteiger partial charge is 0.384 e. The van der Waals surface area contributed by atoms with Crippen molar-refractivity contribution in [3.8, 4) is 0 Å². The molecule has 3 aromatic rings. The lowest BCUT2D eigenvalue weighted by Gasteiger charge is -2.16. The van der Waals surface area contributed by atoms with Crippen molar-refractivity contribution in [2.75, 3.05) is 0 Å². The molecule has 1 unspecified atom stereocenters. The van der Waals surface area contributed by atoms with Gasteiger partial charge in [-0.25, -0.2) is 8.78 Å². The Bertz CT molecular complexity index is 811. The van der Waals surface area contributed by atoms with E-state index in [0.29, 0.717) is 21.9 Å². The predicted molar refractivity (Wildman–Crippen MR) is 79.1 cm³/mol. The molecule has 0 aliphatic rings. The zero-order valence-corrected chi connectivity index (χ0v) is 11.5. The Morgan fingerprint density at radius 3 is 2.29 bits per heavy atom. The minimum Gasteiger partial charge on any atom is -0.384 e. The number of halogens is 2. The van der Waals surface area contributed by atoms with E-state index < -0.39 is 11.9 Å². The third kappa shape index (κ3) is 2.30. The summed E-state index contributed by atoms with van der Waals surface area (Å²) in [6, 6.07) is 14.6.